The van der Waals surface area contributed by atoms with Gasteiger partial charge in [0.25, 0.3) is 0 Å². The zero-order valence-electron chi connectivity index (χ0n) is 12.8. The van der Waals surface area contributed by atoms with Crippen LogP contribution in [-0.2, 0) is 0 Å². The van der Waals surface area contributed by atoms with Gasteiger partial charge in [0.1, 0.15) is 5.54 Å². The van der Waals surface area contributed by atoms with Gasteiger partial charge in [0.05, 0.1) is 20.1 Å². The predicted molar refractivity (Wildman–Crippen MR) is 84.2 cm³/mol. The molecule has 0 fully saturated rings. The molecular formula is C19H22N+. The molecule has 5 aliphatic rings. The third-order valence-electron chi connectivity index (χ3n) is 6.07. The maximum Gasteiger partial charge on any atom is 0.148 e. The number of rotatable bonds is 0. The Kier molecular flexibility index (Phi) is 2.15. The minimum absolute atomic E-state index is 0.0602. The lowest BCUT2D eigenvalue weighted by molar-refractivity contribution is -0.934. The highest BCUT2D eigenvalue weighted by Crippen LogP contribution is 2.52. The number of fused-ring (bicyclic) bond motifs is 2. The fourth-order valence-electron chi connectivity index (χ4n) is 4.58. The first-order valence-electron chi connectivity index (χ1n) is 7.52. The van der Waals surface area contributed by atoms with Crippen molar-refractivity contribution in [3.63, 3.8) is 0 Å². The maximum atomic E-state index is 2.47. The van der Waals surface area contributed by atoms with Crippen molar-refractivity contribution in [3.8, 4) is 0 Å². The fourth-order valence-corrected chi connectivity index (χ4v) is 4.58. The zero-order valence-corrected chi connectivity index (χ0v) is 12.8. The van der Waals surface area contributed by atoms with Crippen molar-refractivity contribution >= 4 is 0 Å². The summed E-state index contributed by atoms with van der Waals surface area (Å²) in [5.41, 5.74) is 8.95. The van der Waals surface area contributed by atoms with Gasteiger partial charge in [0.2, 0.25) is 0 Å². The van der Waals surface area contributed by atoms with Crippen LogP contribution in [-0.4, -0.2) is 30.2 Å². The monoisotopic (exact) mass is 264 g/mol. The van der Waals surface area contributed by atoms with Crippen molar-refractivity contribution in [3.05, 3.63) is 69.9 Å². The number of quaternary nitrogens is 1. The van der Waals surface area contributed by atoms with Crippen LogP contribution in [0.25, 0.3) is 0 Å². The molecule has 0 saturated heterocycles. The minimum Gasteiger partial charge on any atom is -0.307 e. The summed E-state index contributed by atoms with van der Waals surface area (Å²) in [6.07, 6.45) is 14.0. The SMILES string of the molecule is CC1=C2C=CC=CC3=C(C)C4=CC[N+](C)(CC=C41)C23C. The van der Waals surface area contributed by atoms with Crippen LogP contribution in [0.4, 0.5) is 0 Å². The van der Waals surface area contributed by atoms with E-state index in [0.717, 1.165) is 17.6 Å². The van der Waals surface area contributed by atoms with Crippen molar-refractivity contribution in [2.45, 2.75) is 26.3 Å². The standard InChI is InChI=1S/C19H22N/c1-13-15-9-11-20(4)12-10-16(15)14(2)18-8-6-5-7-17(13)19(18,20)3/h5-10H,11-12H2,1-4H3/q+1. The summed E-state index contributed by atoms with van der Waals surface area (Å²) in [5.74, 6) is 0. The first-order valence-corrected chi connectivity index (χ1v) is 7.52. The molecule has 0 aromatic heterocycles. The Balaban J connectivity index is 2.24. The Morgan fingerprint density at radius 2 is 1.35 bits per heavy atom. The number of hydrogen-bond acceptors (Lipinski definition) is 0. The predicted octanol–water partition coefficient (Wildman–Crippen LogP) is 3.84. The third-order valence-corrected chi connectivity index (χ3v) is 6.07. The van der Waals surface area contributed by atoms with Gasteiger partial charge in [-0.1, -0.05) is 24.3 Å². The molecule has 102 valence electrons. The van der Waals surface area contributed by atoms with Crippen LogP contribution in [0.1, 0.15) is 20.8 Å². The molecule has 1 heteroatoms. The lowest BCUT2D eigenvalue weighted by Gasteiger charge is -2.49. The summed E-state index contributed by atoms with van der Waals surface area (Å²) in [6, 6.07) is 0. The second-order valence-electron chi connectivity index (χ2n) is 6.86. The fraction of sp³-hybridized carbons (Fsp3) is 0.368. The molecule has 2 aliphatic carbocycles. The van der Waals surface area contributed by atoms with Crippen molar-refractivity contribution in [2.24, 2.45) is 0 Å². The van der Waals surface area contributed by atoms with Gasteiger partial charge < -0.3 is 4.48 Å². The molecule has 0 atom stereocenters. The normalized spacial score (nSPS) is 37.8. The van der Waals surface area contributed by atoms with Crippen LogP contribution in [0.2, 0.25) is 0 Å². The molecule has 3 heterocycles. The molecule has 0 unspecified atom stereocenters. The number of likely N-dealkylation sites (N-methyl/N-ethyl adjacent to an activating group) is 1. The molecule has 0 spiro atoms. The molecule has 0 radical (unpaired) electrons. The summed E-state index contributed by atoms with van der Waals surface area (Å²) >= 11 is 0. The Morgan fingerprint density at radius 3 is 1.80 bits per heavy atom. The van der Waals surface area contributed by atoms with Crippen LogP contribution in [0, 0.1) is 0 Å². The van der Waals surface area contributed by atoms with Crippen LogP contribution in [0.5, 0.6) is 0 Å². The van der Waals surface area contributed by atoms with Crippen LogP contribution >= 0.6 is 0 Å². The summed E-state index contributed by atoms with van der Waals surface area (Å²) < 4.78 is 1.05. The second-order valence-corrected chi connectivity index (χ2v) is 6.86. The Morgan fingerprint density at radius 1 is 0.900 bits per heavy atom. The van der Waals surface area contributed by atoms with Crippen molar-refractivity contribution in [1.82, 2.24) is 0 Å². The maximum absolute atomic E-state index is 2.47. The molecule has 0 N–H and O–H groups in total. The van der Waals surface area contributed by atoms with E-state index in [1.54, 1.807) is 0 Å². The van der Waals surface area contributed by atoms with Crippen molar-refractivity contribution < 1.29 is 4.48 Å². The van der Waals surface area contributed by atoms with Crippen molar-refractivity contribution in [1.29, 1.82) is 0 Å². The Labute approximate surface area is 121 Å². The molecule has 0 saturated carbocycles. The summed E-state index contributed by atoms with van der Waals surface area (Å²) in [4.78, 5) is 0. The summed E-state index contributed by atoms with van der Waals surface area (Å²) in [7, 11) is 2.41. The minimum atomic E-state index is 0.0602. The molecular weight excluding hydrogens is 242 g/mol. The average Bonchev–Trinajstić information content (AvgIpc) is 2.78. The van der Waals surface area contributed by atoms with Crippen LogP contribution in [0.3, 0.4) is 0 Å². The van der Waals surface area contributed by atoms with E-state index in [4.69, 9.17) is 0 Å². The molecule has 6 bridgehead atoms. The van der Waals surface area contributed by atoms with E-state index in [1.165, 1.54) is 33.4 Å². The van der Waals surface area contributed by atoms with Crippen LogP contribution < -0.4 is 0 Å². The van der Waals surface area contributed by atoms with Gasteiger partial charge >= 0.3 is 0 Å². The second kappa shape index (κ2) is 3.53. The molecule has 5 rings (SSSR count). The molecule has 0 aromatic rings. The van der Waals surface area contributed by atoms with Gasteiger partial charge in [-0.25, -0.2) is 0 Å². The number of nitrogens with zero attached hydrogens (tertiary/aromatic N) is 1. The van der Waals surface area contributed by atoms with Crippen molar-refractivity contribution in [2.75, 3.05) is 20.1 Å². The third kappa shape index (κ3) is 1.14. The summed E-state index contributed by atoms with van der Waals surface area (Å²) in [6.45, 7) is 9.29. The zero-order chi connectivity index (χ0) is 14.1. The van der Waals surface area contributed by atoms with Gasteiger partial charge in [-0.15, -0.1) is 0 Å². The van der Waals surface area contributed by atoms with E-state index in [0.29, 0.717) is 0 Å². The number of allylic oxidation sites excluding steroid dienone is 6. The highest BCUT2D eigenvalue weighted by Gasteiger charge is 2.54. The van der Waals surface area contributed by atoms with Crippen LogP contribution in [0.15, 0.2) is 69.9 Å². The first kappa shape index (κ1) is 12.2. The number of hydrogen-bond donors (Lipinski definition) is 0. The largest absolute Gasteiger partial charge is 0.307 e. The van der Waals surface area contributed by atoms with Gasteiger partial charge in [-0.2, -0.15) is 0 Å². The smallest absolute Gasteiger partial charge is 0.148 e. The molecule has 0 amide bonds. The van der Waals surface area contributed by atoms with Gasteiger partial charge in [-0.05, 0) is 55.2 Å². The van der Waals surface area contributed by atoms with E-state index in [-0.39, 0.29) is 5.54 Å². The van der Waals surface area contributed by atoms with Gasteiger partial charge in [0, 0.05) is 11.1 Å². The molecule has 20 heavy (non-hydrogen) atoms. The van der Waals surface area contributed by atoms with E-state index >= 15 is 0 Å². The average molecular weight is 264 g/mol. The lowest BCUT2D eigenvalue weighted by atomic mass is 9.78. The Bertz CT molecular complexity index is 642. The lowest BCUT2D eigenvalue weighted by Crippen LogP contribution is -2.61. The van der Waals surface area contributed by atoms with E-state index in [1.807, 2.05) is 0 Å². The van der Waals surface area contributed by atoms with E-state index in [9.17, 15) is 0 Å². The van der Waals surface area contributed by atoms with E-state index in [2.05, 4.69) is 64.3 Å². The molecule has 3 aliphatic heterocycles. The van der Waals surface area contributed by atoms with E-state index < -0.39 is 0 Å². The highest BCUT2D eigenvalue weighted by atomic mass is 15.4. The topological polar surface area (TPSA) is 0 Å². The highest BCUT2D eigenvalue weighted by molar-refractivity contribution is 5.69. The summed E-state index contributed by atoms with van der Waals surface area (Å²) in [5, 5.41) is 0. The quantitative estimate of drug-likeness (QED) is 0.583. The molecule has 0 aromatic carbocycles. The first-order chi connectivity index (χ1) is 9.49. The molecule has 1 nitrogen and oxygen atoms in total. The Hall–Kier alpha value is -1.60. The van der Waals surface area contributed by atoms with Gasteiger partial charge in [-0.3, -0.25) is 0 Å². The van der Waals surface area contributed by atoms with Gasteiger partial charge in [0.15, 0.2) is 0 Å².